The van der Waals surface area contributed by atoms with Crippen LogP contribution in [-0.4, -0.2) is 37.5 Å². The van der Waals surface area contributed by atoms with Gasteiger partial charge in [-0.05, 0) is 12.5 Å². The van der Waals surface area contributed by atoms with Gasteiger partial charge in [-0.25, -0.2) is 4.39 Å². The number of carbonyl (C=O) groups excluding carboxylic acids is 1. The first kappa shape index (κ1) is 13.0. The zero-order valence-electron chi connectivity index (χ0n) is 10.1. The molecule has 98 valence electrons. The third kappa shape index (κ3) is 2.51. The van der Waals surface area contributed by atoms with Crippen molar-refractivity contribution in [2.24, 2.45) is 0 Å². The van der Waals surface area contributed by atoms with Crippen molar-refractivity contribution < 1.29 is 9.18 Å². The molecule has 0 spiro atoms. The fourth-order valence-corrected chi connectivity index (χ4v) is 2.18. The lowest BCUT2D eigenvalue weighted by Gasteiger charge is -2.23. The van der Waals surface area contributed by atoms with E-state index < -0.39 is 5.82 Å². The van der Waals surface area contributed by atoms with Gasteiger partial charge in [0.15, 0.2) is 0 Å². The molecule has 0 aromatic heterocycles. The number of hydrogen-bond donors (Lipinski definition) is 1. The molecule has 2 N–H and O–H groups in total. The van der Waals surface area contributed by atoms with Crippen molar-refractivity contribution in [3.63, 3.8) is 0 Å². The molecule has 1 aromatic carbocycles. The quantitative estimate of drug-likeness (QED) is 0.792. The van der Waals surface area contributed by atoms with Gasteiger partial charge < -0.3 is 15.5 Å². The molecule has 0 radical (unpaired) electrons. The summed E-state index contributed by atoms with van der Waals surface area (Å²) in [4.78, 5) is 15.3. The Balaban J connectivity index is 2.30. The number of hydrogen-bond acceptors (Lipinski definition) is 3. The molecular formula is C12H15ClFN3O. The van der Waals surface area contributed by atoms with Gasteiger partial charge in [0.25, 0.3) is 0 Å². The lowest BCUT2D eigenvalue weighted by molar-refractivity contribution is -0.127. The van der Waals surface area contributed by atoms with Gasteiger partial charge >= 0.3 is 0 Å². The highest BCUT2D eigenvalue weighted by Gasteiger charge is 2.21. The van der Waals surface area contributed by atoms with E-state index in [1.807, 2.05) is 4.90 Å². The number of nitrogens with zero attached hydrogens (tertiary/aromatic N) is 2. The summed E-state index contributed by atoms with van der Waals surface area (Å²) in [5, 5.41) is 0.0178. The largest absolute Gasteiger partial charge is 0.397 e. The summed E-state index contributed by atoms with van der Waals surface area (Å²) in [5.74, 6) is -0.525. The maximum atomic E-state index is 13.2. The van der Waals surface area contributed by atoms with Crippen molar-refractivity contribution in [3.8, 4) is 0 Å². The van der Waals surface area contributed by atoms with E-state index in [2.05, 4.69) is 0 Å². The van der Waals surface area contributed by atoms with Gasteiger partial charge in [0.1, 0.15) is 5.82 Å². The zero-order valence-corrected chi connectivity index (χ0v) is 10.9. The number of carbonyl (C=O) groups is 1. The van der Waals surface area contributed by atoms with Crippen LogP contribution in [0.4, 0.5) is 15.8 Å². The molecule has 0 atom stereocenters. The highest BCUT2D eigenvalue weighted by molar-refractivity contribution is 6.31. The molecule has 1 aromatic rings. The molecule has 2 rings (SSSR count). The Labute approximate surface area is 110 Å². The van der Waals surface area contributed by atoms with Crippen LogP contribution in [0.3, 0.4) is 0 Å². The number of halogens is 2. The van der Waals surface area contributed by atoms with Crippen molar-refractivity contribution in [2.75, 3.05) is 37.3 Å². The van der Waals surface area contributed by atoms with Crippen molar-refractivity contribution in [1.82, 2.24) is 4.90 Å². The molecule has 1 amide bonds. The van der Waals surface area contributed by atoms with Crippen molar-refractivity contribution in [2.45, 2.75) is 6.42 Å². The van der Waals surface area contributed by atoms with Gasteiger partial charge in [-0.15, -0.1) is 0 Å². The Kier molecular flexibility index (Phi) is 3.61. The summed E-state index contributed by atoms with van der Waals surface area (Å²) in [5.41, 5.74) is 6.70. The second kappa shape index (κ2) is 5.02. The van der Waals surface area contributed by atoms with Crippen LogP contribution in [0.25, 0.3) is 0 Å². The molecule has 1 aliphatic heterocycles. The number of nitrogen functional groups attached to an aromatic ring is 1. The average molecular weight is 272 g/mol. The summed E-state index contributed by atoms with van der Waals surface area (Å²) in [6.45, 7) is 1.65. The lowest BCUT2D eigenvalue weighted by atomic mass is 10.2. The first-order chi connectivity index (χ1) is 8.49. The minimum absolute atomic E-state index is 0.0178. The number of anilines is 2. The molecule has 6 heteroatoms. The first-order valence-electron chi connectivity index (χ1n) is 5.72. The predicted octanol–water partition coefficient (Wildman–Crippen LogP) is 1.73. The van der Waals surface area contributed by atoms with Crippen LogP contribution in [0.15, 0.2) is 12.1 Å². The van der Waals surface area contributed by atoms with Crippen LogP contribution in [-0.2, 0) is 4.79 Å². The summed E-state index contributed by atoms with van der Waals surface area (Å²) in [6, 6.07) is 2.67. The van der Waals surface area contributed by atoms with E-state index >= 15 is 0 Å². The topological polar surface area (TPSA) is 49.6 Å². The molecular weight excluding hydrogens is 257 g/mol. The Bertz CT molecular complexity index is 481. The lowest BCUT2D eigenvalue weighted by Crippen LogP contribution is -2.34. The summed E-state index contributed by atoms with van der Waals surface area (Å²) >= 11 is 5.76. The van der Waals surface area contributed by atoms with Gasteiger partial charge in [0, 0.05) is 26.2 Å². The second-order valence-electron chi connectivity index (χ2n) is 4.42. The molecule has 0 unspecified atom stereocenters. The molecule has 1 aliphatic rings. The Morgan fingerprint density at radius 2 is 2.11 bits per heavy atom. The van der Waals surface area contributed by atoms with E-state index in [0.717, 1.165) is 6.42 Å². The first-order valence-corrected chi connectivity index (χ1v) is 6.10. The van der Waals surface area contributed by atoms with E-state index in [4.69, 9.17) is 17.3 Å². The molecule has 1 fully saturated rings. The Hall–Kier alpha value is -1.49. The average Bonchev–Trinajstić information content (AvgIpc) is 2.47. The highest BCUT2D eigenvalue weighted by Crippen LogP contribution is 2.30. The van der Waals surface area contributed by atoms with E-state index in [1.165, 1.54) is 12.1 Å². The maximum Gasteiger partial charge on any atom is 0.241 e. The smallest absolute Gasteiger partial charge is 0.241 e. The zero-order chi connectivity index (χ0) is 13.3. The summed E-state index contributed by atoms with van der Waals surface area (Å²) in [7, 11) is 1.77. The summed E-state index contributed by atoms with van der Waals surface area (Å²) in [6.07, 6.45) is 0.844. The standard InChI is InChI=1S/C12H15ClFN3O/c1-16-3-2-4-17(7-12(16)18)11-5-8(13)9(14)6-10(11)15/h5-6H,2-4,7,15H2,1H3. The number of amides is 1. The second-order valence-corrected chi connectivity index (χ2v) is 4.82. The SMILES string of the molecule is CN1CCCN(c2cc(Cl)c(F)cc2N)CC1=O. The molecule has 0 saturated carbocycles. The van der Waals surface area contributed by atoms with Crippen molar-refractivity contribution in [1.29, 1.82) is 0 Å². The van der Waals surface area contributed by atoms with E-state index in [0.29, 0.717) is 24.5 Å². The molecule has 18 heavy (non-hydrogen) atoms. The van der Waals surface area contributed by atoms with Crippen LogP contribution in [0.5, 0.6) is 0 Å². The van der Waals surface area contributed by atoms with Crippen molar-refractivity contribution in [3.05, 3.63) is 23.0 Å². The van der Waals surface area contributed by atoms with Crippen LogP contribution in [0, 0.1) is 5.82 Å². The number of nitrogens with two attached hydrogens (primary N) is 1. The maximum absolute atomic E-state index is 13.2. The highest BCUT2D eigenvalue weighted by atomic mass is 35.5. The van der Waals surface area contributed by atoms with Gasteiger partial charge in [-0.2, -0.15) is 0 Å². The minimum Gasteiger partial charge on any atom is -0.397 e. The van der Waals surface area contributed by atoms with Gasteiger partial charge in [-0.3, -0.25) is 4.79 Å². The van der Waals surface area contributed by atoms with Crippen molar-refractivity contribution >= 4 is 28.9 Å². The molecule has 1 saturated heterocycles. The normalized spacial score (nSPS) is 16.9. The molecule has 1 heterocycles. The Morgan fingerprint density at radius 1 is 1.39 bits per heavy atom. The Morgan fingerprint density at radius 3 is 2.83 bits per heavy atom. The van der Waals surface area contributed by atoms with Crippen LogP contribution < -0.4 is 10.6 Å². The molecule has 0 aliphatic carbocycles. The van der Waals surface area contributed by atoms with Gasteiger partial charge in [-0.1, -0.05) is 11.6 Å². The molecule has 0 bridgehead atoms. The number of rotatable bonds is 1. The van der Waals surface area contributed by atoms with E-state index in [1.54, 1.807) is 11.9 Å². The number of benzene rings is 1. The monoisotopic (exact) mass is 271 g/mol. The summed E-state index contributed by atoms with van der Waals surface area (Å²) < 4.78 is 13.2. The van der Waals surface area contributed by atoms with Gasteiger partial charge in [0.2, 0.25) is 5.91 Å². The molecule has 4 nitrogen and oxygen atoms in total. The third-order valence-corrected chi connectivity index (χ3v) is 3.37. The van der Waals surface area contributed by atoms with Crippen LogP contribution >= 0.6 is 11.6 Å². The predicted molar refractivity (Wildman–Crippen MR) is 70.3 cm³/mol. The van der Waals surface area contributed by atoms with E-state index in [-0.39, 0.29) is 17.5 Å². The fourth-order valence-electron chi connectivity index (χ4n) is 2.02. The van der Waals surface area contributed by atoms with E-state index in [9.17, 15) is 9.18 Å². The fraction of sp³-hybridized carbons (Fsp3) is 0.417. The van der Waals surface area contributed by atoms with Crippen LogP contribution in [0.1, 0.15) is 6.42 Å². The third-order valence-electron chi connectivity index (χ3n) is 3.08. The minimum atomic E-state index is -0.545. The number of likely N-dealkylation sites (N-methyl/N-ethyl adjacent to an activating group) is 1. The van der Waals surface area contributed by atoms with Crippen LogP contribution in [0.2, 0.25) is 5.02 Å². The van der Waals surface area contributed by atoms with Gasteiger partial charge in [0.05, 0.1) is 22.9 Å².